The molecule has 0 heterocycles. The second-order valence-corrected chi connectivity index (χ2v) is 5.46. The molecule has 0 aliphatic heterocycles. The monoisotopic (exact) mass is 268 g/mol. The smallest absolute Gasteiger partial charge is 0.0375 e. The van der Waals surface area contributed by atoms with Gasteiger partial charge in [0.15, 0.2) is 0 Å². The molecule has 0 radical (unpaired) electrons. The average Bonchev–Trinajstić information content (AvgIpc) is 2.44. The lowest BCUT2D eigenvalue weighted by Crippen LogP contribution is -2.14. The molecular formula is C18H24N2. The molecule has 2 nitrogen and oxygen atoms in total. The summed E-state index contributed by atoms with van der Waals surface area (Å²) in [5, 5.41) is 6.96. The van der Waals surface area contributed by atoms with Crippen molar-refractivity contribution in [2.24, 2.45) is 0 Å². The van der Waals surface area contributed by atoms with E-state index in [0.717, 1.165) is 13.1 Å². The first-order valence-electron chi connectivity index (χ1n) is 7.30. The molecule has 0 fully saturated rings. The third kappa shape index (κ3) is 4.02. The van der Waals surface area contributed by atoms with E-state index in [0.29, 0.717) is 5.92 Å². The summed E-state index contributed by atoms with van der Waals surface area (Å²) >= 11 is 0. The first-order valence-corrected chi connectivity index (χ1v) is 7.30. The van der Waals surface area contributed by atoms with Crippen molar-refractivity contribution in [1.29, 1.82) is 0 Å². The second-order valence-electron chi connectivity index (χ2n) is 5.46. The predicted octanol–water partition coefficient (Wildman–Crippen LogP) is 4.64. The van der Waals surface area contributed by atoms with Gasteiger partial charge in [0, 0.05) is 24.5 Å². The highest BCUT2D eigenvalue weighted by atomic mass is 14.9. The highest BCUT2D eigenvalue weighted by Crippen LogP contribution is 2.23. The van der Waals surface area contributed by atoms with Crippen LogP contribution in [0.25, 0.3) is 0 Å². The Morgan fingerprint density at radius 3 is 2.40 bits per heavy atom. The van der Waals surface area contributed by atoms with Gasteiger partial charge in [0.1, 0.15) is 0 Å². The van der Waals surface area contributed by atoms with E-state index in [1.165, 1.54) is 22.5 Å². The molecule has 2 N–H and O–H groups in total. The molecule has 0 bridgehead atoms. The average molecular weight is 268 g/mol. The Kier molecular flexibility index (Phi) is 5.05. The van der Waals surface area contributed by atoms with E-state index < -0.39 is 0 Å². The maximum atomic E-state index is 3.52. The van der Waals surface area contributed by atoms with Crippen molar-refractivity contribution in [3.63, 3.8) is 0 Å². The zero-order chi connectivity index (χ0) is 14.4. The van der Waals surface area contributed by atoms with Crippen molar-refractivity contribution >= 4 is 11.4 Å². The summed E-state index contributed by atoms with van der Waals surface area (Å²) in [5.41, 5.74) is 5.09. The summed E-state index contributed by atoms with van der Waals surface area (Å²) in [4.78, 5) is 0. The molecule has 0 saturated heterocycles. The molecule has 0 saturated carbocycles. The quantitative estimate of drug-likeness (QED) is 0.746. The Labute approximate surface area is 122 Å². The van der Waals surface area contributed by atoms with Crippen LogP contribution in [0.1, 0.15) is 30.9 Å². The third-order valence-corrected chi connectivity index (χ3v) is 3.37. The van der Waals surface area contributed by atoms with Gasteiger partial charge in [-0.2, -0.15) is 0 Å². The van der Waals surface area contributed by atoms with Crippen molar-refractivity contribution in [3.8, 4) is 0 Å². The fourth-order valence-electron chi connectivity index (χ4n) is 2.32. The van der Waals surface area contributed by atoms with Crippen LogP contribution in [0.2, 0.25) is 0 Å². The fourth-order valence-corrected chi connectivity index (χ4v) is 2.32. The van der Waals surface area contributed by atoms with Gasteiger partial charge in [0.25, 0.3) is 0 Å². The summed E-state index contributed by atoms with van der Waals surface area (Å²) in [6.45, 7) is 8.40. The normalized spacial score (nSPS) is 10.6. The fraction of sp³-hybridized carbons (Fsp3) is 0.333. The maximum absolute atomic E-state index is 3.52. The first kappa shape index (κ1) is 14.4. The van der Waals surface area contributed by atoms with Crippen LogP contribution in [-0.4, -0.2) is 13.1 Å². The van der Waals surface area contributed by atoms with E-state index in [-0.39, 0.29) is 0 Å². The summed E-state index contributed by atoms with van der Waals surface area (Å²) in [5.74, 6) is 0.545. The van der Waals surface area contributed by atoms with Crippen molar-refractivity contribution in [2.75, 3.05) is 23.7 Å². The summed E-state index contributed by atoms with van der Waals surface area (Å²) < 4.78 is 0. The highest BCUT2D eigenvalue weighted by molar-refractivity contribution is 5.53. The minimum absolute atomic E-state index is 0.545. The Bertz CT molecular complexity index is 547. The molecule has 2 aromatic rings. The van der Waals surface area contributed by atoms with E-state index in [1.807, 2.05) is 0 Å². The van der Waals surface area contributed by atoms with Gasteiger partial charge in [0.05, 0.1) is 0 Å². The summed E-state index contributed by atoms with van der Waals surface area (Å²) in [6.07, 6.45) is 0. The van der Waals surface area contributed by atoms with E-state index >= 15 is 0 Å². The Morgan fingerprint density at radius 2 is 1.65 bits per heavy atom. The lowest BCUT2D eigenvalue weighted by Gasteiger charge is -2.15. The highest BCUT2D eigenvalue weighted by Gasteiger charge is 2.04. The Hall–Kier alpha value is -1.96. The van der Waals surface area contributed by atoms with Gasteiger partial charge >= 0.3 is 0 Å². The molecular weight excluding hydrogens is 244 g/mol. The van der Waals surface area contributed by atoms with Crippen LogP contribution in [0.3, 0.4) is 0 Å². The number of nitrogens with one attached hydrogen (secondary N) is 2. The number of hydrogen-bond acceptors (Lipinski definition) is 2. The van der Waals surface area contributed by atoms with Gasteiger partial charge < -0.3 is 10.6 Å². The molecule has 0 aliphatic rings. The molecule has 20 heavy (non-hydrogen) atoms. The van der Waals surface area contributed by atoms with E-state index in [4.69, 9.17) is 0 Å². The standard InChI is InChI=1S/C18H24N2/c1-14(2)17-9-4-5-10-18(17)20-12-11-19-16-8-6-7-15(3)13-16/h4-10,13-14,19-20H,11-12H2,1-3H3. The second kappa shape index (κ2) is 6.99. The summed E-state index contributed by atoms with van der Waals surface area (Å²) in [7, 11) is 0. The van der Waals surface area contributed by atoms with E-state index in [2.05, 4.69) is 79.9 Å². The number of para-hydroxylation sites is 1. The van der Waals surface area contributed by atoms with E-state index in [1.54, 1.807) is 0 Å². The lowest BCUT2D eigenvalue weighted by atomic mass is 10.0. The Balaban J connectivity index is 1.84. The molecule has 2 rings (SSSR count). The molecule has 0 aliphatic carbocycles. The topological polar surface area (TPSA) is 24.1 Å². The number of anilines is 2. The van der Waals surface area contributed by atoms with Crippen LogP contribution in [0, 0.1) is 6.92 Å². The molecule has 0 atom stereocenters. The number of benzene rings is 2. The molecule has 0 spiro atoms. The Morgan fingerprint density at radius 1 is 0.900 bits per heavy atom. The zero-order valence-corrected chi connectivity index (χ0v) is 12.6. The minimum atomic E-state index is 0.545. The van der Waals surface area contributed by atoms with Crippen molar-refractivity contribution < 1.29 is 0 Å². The van der Waals surface area contributed by atoms with Crippen LogP contribution in [-0.2, 0) is 0 Å². The predicted molar refractivity (Wildman–Crippen MR) is 88.7 cm³/mol. The van der Waals surface area contributed by atoms with Crippen LogP contribution in [0.5, 0.6) is 0 Å². The SMILES string of the molecule is Cc1cccc(NCCNc2ccccc2C(C)C)c1. The van der Waals surface area contributed by atoms with Crippen LogP contribution in [0.15, 0.2) is 48.5 Å². The molecule has 106 valence electrons. The number of hydrogen-bond donors (Lipinski definition) is 2. The number of rotatable bonds is 6. The van der Waals surface area contributed by atoms with Gasteiger partial charge in [-0.05, 0) is 42.2 Å². The zero-order valence-electron chi connectivity index (χ0n) is 12.6. The van der Waals surface area contributed by atoms with Crippen LogP contribution >= 0.6 is 0 Å². The third-order valence-electron chi connectivity index (χ3n) is 3.37. The van der Waals surface area contributed by atoms with Crippen molar-refractivity contribution in [3.05, 3.63) is 59.7 Å². The van der Waals surface area contributed by atoms with Crippen molar-refractivity contribution in [1.82, 2.24) is 0 Å². The largest absolute Gasteiger partial charge is 0.383 e. The van der Waals surface area contributed by atoms with Crippen LogP contribution < -0.4 is 10.6 Å². The van der Waals surface area contributed by atoms with Gasteiger partial charge in [-0.25, -0.2) is 0 Å². The molecule has 0 unspecified atom stereocenters. The maximum Gasteiger partial charge on any atom is 0.0375 e. The first-order chi connectivity index (χ1) is 9.66. The van der Waals surface area contributed by atoms with Gasteiger partial charge in [0.2, 0.25) is 0 Å². The molecule has 0 amide bonds. The van der Waals surface area contributed by atoms with Gasteiger partial charge in [-0.3, -0.25) is 0 Å². The lowest BCUT2D eigenvalue weighted by molar-refractivity contribution is 0.865. The van der Waals surface area contributed by atoms with Gasteiger partial charge in [-0.15, -0.1) is 0 Å². The van der Waals surface area contributed by atoms with Gasteiger partial charge in [-0.1, -0.05) is 44.2 Å². The number of aryl methyl sites for hydroxylation is 1. The molecule has 2 heteroatoms. The summed E-state index contributed by atoms with van der Waals surface area (Å²) in [6, 6.07) is 17.0. The molecule has 0 aromatic heterocycles. The van der Waals surface area contributed by atoms with Crippen LogP contribution in [0.4, 0.5) is 11.4 Å². The minimum Gasteiger partial charge on any atom is -0.383 e. The van der Waals surface area contributed by atoms with E-state index in [9.17, 15) is 0 Å². The van der Waals surface area contributed by atoms with Crippen molar-refractivity contribution in [2.45, 2.75) is 26.7 Å². The molecule has 2 aromatic carbocycles.